The van der Waals surface area contributed by atoms with Crippen molar-refractivity contribution in [3.05, 3.63) is 106 Å². The predicted molar refractivity (Wildman–Crippen MR) is 149 cm³/mol. The van der Waals surface area contributed by atoms with Crippen LogP contribution in [-0.2, 0) is 29.0 Å². The van der Waals surface area contributed by atoms with Gasteiger partial charge >= 0.3 is 5.97 Å². The molecule has 0 saturated carbocycles. The van der Waals surface area contributed by atoms with Crippen molar-refractivity contribution in [1.29, 1.82) is 5.26 Å². The summed E-state index contributed by atoms with van der Waals surface area (Å²) in [6, 6.07) is 10.6. The van der Waals surface area contributed by atoms with Crippen LogP contribution < -0.4 is 4.74 Å². The van der Waals surface area contributed by atoms with E-state index in [1.807, 2.05) is 0 Å². The molecule has 2 aromatic heterocycles. The Balaban J connectivity index is 1.47. The van der Waals surface area contributed by atoms with Crippen molar-refractivity contribution >= 4 is 17.0 Å². The number of rotatable bonds is 10. The molecule has 3 aromatic carbocycles. The number of imidazole rings is 1. The molecule has 0 aliphatic heterocycles. The number of ether oxygens (including phenoxy) is 3. The molecule has 9 nitrogen and oxygen atoms in total. The minimum atomic E-state index is -1.54. The van der Waals surface area contributed by atoms with Crippen LogP contribution in [0.1, 0.15) is 32.9 Å². The minimum Gasteiger partial charge on any atom is -0.471 e. The average Bonchev–Trinajstić information content (AvgIpc) is 3.39. The van der Waals surface area contributed by atoms with Crippen LogP contribution in [0.5, 0.6) is 5.88 Å². The third-order valence-electron chi connectivity index (χ3n) is 6.86. The van der Waals surface area contributed by atoms with E-state index in [1.54, 1.807) is 16.7 Å². The number of hydrogen-bond donors (Lipinski definition) is 0. The van der Waals surface area contributed by atoms with E-state index in [0.29, 0.717) is 23.3 Å². The molecule has 0 N–H and O–H groups in total. The Bertz CT molecular complexity index is 1980. The molecular formula is C31H22F5N5O4. The molecular weight excluding hydrogens is 601 g/mol. The summed E-state index contributed by atoms with van der Waals surface area (Å²) in [6.07, 6.45) is 0.145. The standard InChI is InChI=1S/C31H22F5N5O4/c1-43-8-7-41-25-10-17(31(42)44-2)5-6-24(25)39-26(41)12-19-22(33)11-20(28(36)27(19)35)29-38-14-23(34)30(40-29)45-15-18-4-3-16(13-37)9-21(18)32/h3-6,9-11,14H,7-8,12,15H2,1-2H3. The SMILES string of the molecule is COCCn1c(Cc2c(F)cc(-c3ncc(F)c(OCc4ccc(C#N)cc4F)n3)c(F)c2F)nc2ccc(C(=O)OC)cc21. The number of nitrogens with zero attached hydrogens (tertiary/aromatic N) is 5. The van der Waals surface area contributed by atoms with E-state index in [1.165, 1.54) is 38.5 Å². The maximum Gasteiger partial charge on any atom is 0.337 e. The summed E-state index contributed by atoms with van der Waals surface area (Å²) < 4.78 is 91.6. The van der Waals surface area contributed by atoms with E-state index in [4.69, 9.17) is 19.5 Å². The fraction of sp³-hybridized carbons (Fsp3) is 0.194. The minimum absolute atomic E-state index is 0.0285. The van der Waals surface area contributed by atoms with Gasteiger partial charge in [-0.2, -0.15) is 14.6 Å². The molecule has 0 fully saturated rings. The molecule has 5 rings (SSSR count). The highest BCUT2D eigenvalue weighted by Crippen LogP contribution is 2.30. The maximum atomic E-state index is 15.4. The molecule has 230 valence electrons. The fourth-order valence-electron chi connectivity index (χ4n) is 4.56. The Kier molecular flexibility index (Phi) is 9.01. The number of esters is 1. The van der Waals surface area contributed by atoms with E-state index in [9.17, 15) is 13.6 Å². The molecule has 14 heteroatoms. The second kappa shape index (κ2) is 13.1. The molecule has 2 heterocycles. The largest absolute Gasteiger partial charge is 0.471 e. The van der Waals surface area contributed by atoms with Crippen LogP contribution in [0.4, 0.5) is 22.0 Å². The summed E-state index contributed by atoms with van der Waals surface area (Å²) in [6.45, 7) is -0.112. The third-order valence-corrected chi connectivity index (χ3v) is 6.86. The van der Waals surface area contributed by atoms with E-state index in [2.05, 4.69) is 15.0 Å². The summed E-state index contributed by atoms with van der Waals surface area (Å²) in [5, 5.41) is 8.87. The fourth-order valence-corrected chi connectivity index (χ4v) is 4.56. The first-order chi connectivity index (χ1) is 21.6. The lowest BCUT2D eigenvalue weighted by Crippen LogP contribution is -2.12. The number of halogens is 5. The van der Waals surface area contributed by atoms with Crippen LogP contribution in [0.3, 0.4) is 0 Å². The van der Waals surface area contributed by atoms with Gasteiger partial charge in [0.15, 0.2) is 17.5 Å². The van der Waals surface area contributed by atoms with E-state index < -0.39 is 70.9 Å². The number of fused-ring (bicyclic) bond motifs is 1. The summed E-state index contributed by atoms with van der Waals surface area (Å²) in [4.78, 5) is 23.9. The molecule has 0 radical (unpaired) electrons. The first kappa shape index (κ1) is 31.0. The molecule has 0 saturated heterocycles. The van der Waals surface area contributed by atoms with Crippen LogP contribution in [0.25, 0.3) is 22.4 Å². The van der Waals surface area contributed by atoms with Gasteiger partial charge in [0.2, 0.25) is 5.82 Å². The average molecular weight is 624 g/mol. The number of benzene rings is 3. The zero-order chi connectivity index (χ0) is 32.2. The Morgan fingerprint density at radius 1 is 0.956 bits per heavy atom. The van der Waals surface area contributed by atoms with Crippen molar-refractivity contribution in [2.75, 3.05) is 20.8 Å². The zero-order valence-electron chi connectivity index (χ0n) is 23.7. The van der Waals surface area contributed by atoms with Gasteiger partial charge in [-0.1, -0.05) is 6.07 Å². The Morgan fingerprint density at radius 2 is 1.76 bits per heavy atom. The highest BCUT2D eigenvalue weighted by atomic mass is 19.2. The number of nitriles is 1. The monoisotopic (exact) mass is 623 g/mol. The van der Waals surface area contributed by atoms with Crippen molar-refractivity contribution in [3.63, 3.8) is 0 Å². The maximum absolute atomic E-state index is 15.4. The molecule has 0 unspecified atom stereocenters. The van der Waals surface area contributed by atoms with E-state index >= 15 is 13.2 Å². The number of carbonyl (C=O) groups is 1. The first-order valence-corrected chi connectivity index (χ1v) is 13.2. The van der Waals surface area contributed by atoms with Gasteiger partial charge in [-0.05, 0) is 36.4 Å². The van der Waals surface area contributed by atoms with Gasteiger partial charge in [0.05, 0.1) is 53.7 Å². The molecule has 0 atom stereocenters. The summed E-state index contributed by atoms with van der Waals surface area (Å²) in [7, 11) is 2.69. The van der Waals surface area contributed by atoms with Gasteiger partial charge in [-0.3, -0.25) is 0 Å². The highest BCUT2D eigenvalue weighted by Gasteiger charge is 2.25. The topological polar surface area (TPSA) is 112 Å². The molecule has 0 spiro atoms. The van der Waals surface area contributed by atoms with Gasteiger partial charge in [0.25, 0.3) is 5.88 Å². The molecule has 0 aliphatic rings. The van der Waals surface area contributed by atoms with Crippen LogP contribution in [0, 0.1) is 40.4 Å². The van der Waals surface area contributed by atoms with Gasteiger partial charge in [-0.25, -0.2) is 32.3 Å². The molecule has 5 aromatic rings. The smallest absolute Gasteiger partial charge is 0.337 e. The van der Waals surface area contributed by atoms with E-state index in [-0.39, 0.29) is 35.7 Å². The van der Waals surface area contributed by atoms with Crippen molar-refractivity contribution in [3.8, 4) is 23.3 Å². The van der Waals surface area contributed by atoms with Crippen molar-refractivity contribution in [2.45, 2.75) is 19.6 Å². The lowest BCUT2D eigenvalue weighted by molar-refractivity contribution is 0.0601. The van der Waals surface area contributed by atoms with Gasteiger partial charge in [-0.15, -0.1) is 0 Å². The molecule has 0 aliphatic carbocycles. The molecule has 0 bridgehead atoms. The second-order valence-electron chi connectivity index (χ2n) is 9.61. The van der Waals surface area contributed by atoms with Gasteiger partial charge in [0.1, 0.15) is 24.1 Å². The summed E-state index contributed by atoms with van der Waals surface area (Å²) in [5.74, 6) is -7.80. The predicted octanol–water partition coefficient (Wildman–Crippen LogP) is 5.66. The highest BCUT2D eigenvalue weighted by molar-refractivity contribution is 5.93. The summed E-state index contributed by atoms with van der Waals surface area (Å²) in [5.41, 5.74) is -0.204. The zero-order valence-corrected chi connectivity index (χ0v) is 23.7. The van der Waals surface area contributed by atoms with Gasteiger partial charge < -0.3 is 18.8 Å². The number of hydrogen-bond acceptors (Lipinski definition) is 8. The van der Waals surface area contributed by atoms with Crippen LogP contribution >= 0.6 is 0 Å². The quantitative estimate of drug-likeness (QED) is 0.111. The van der Waals surface area contributed by atoms with Crippen LogP contribution in [0.2, 0.25) is 0 Å². The van der Waals surface area contributed by atoms with Crippen molar-refractivity contribution < 1.29 is 41.0 Å². The Hall–Kier alpha value is -5.42. The number of carbonyl (C=O) groups excluding carboxylic acids is 1. The molecule has 0 amide bonds. The van der Waals surface area contributed by atoms with E-state index in [0.717, 1.165) is 6.07 Å². The Morgan fingerprint density at radius 3 is 2.47 bits per heavy atom. The first-order valence-electron chi connectivity index (χ1n) is 13.2. The number of aromatic nitrogens is 4. The van der Waals surface area contributed by atoms with Crippen molar-refractivity contribution in [2.24, 2.45) is 0 Å². The lowest BCUT2D eigenvalue weighted by atomic mass is 10.1. The third kappa shape index (κ3) is 6.29. The number of methoxy groups -OCH3 is 2. The Labute approximate surface area is 252 Å². The van der Waals surface area contributed by atoms with Crippen LogP contribution in [-0.4, -0.2) is 46.3 Å². The molecule has 45 heavy (non-hydrogen) atoms. The second-order valence-corrected chi connectivity index (χ2v) is 9.61. The van der Waals surface area contributed by atoms with Crippen molar-refractivity contribution in [1.82, 2.24) is 19.5 Å². The lowest BCUT2D eigenvalue weighted by Gasteiger charge is -2.13. The van der Waals surface area contributed by atoms with Crippen LogP contribution in [0.15, 0.2) is 48.7 Å². The summed E-state index contributed by atoms with van der Waals surface area (Å²) >= 11 is 0. The van der Waals surface area contributed by atoms with Gasteiger partial charge in [0, 0.05) is 31.2 Å². The normalized spacial score (nSPS) is 11.1.